The molecular weight excluding hydrogens is 199 g/mol. The van der Waals surface area contributed by atoms with Gasteiger partial charge in [-0.2, -0.15) is 0 Å². The molecule has 0 spiro atoms. The predicted octanol–water partition coefficient (Wildman–Crippen LogP) is 2.10. The molecule has 2 nitrogen and oxygen atoms in total. The fourth-order valence-electron chi connectivity index (χ4n) is 1.25. The maximum Gasteiger partial charge on any atom is 0.280 e. The van der Waals surface area contributed by atoms with Crippen LogP contribution in [-0.2, 0) is 11.0 Å². The summed E-state index contributed by atoms with van der Waals surface area (Å²) >= 11 is 0. The smallest absolute Gasteiger partial charge is 0.280 e. The van der Waals surface area contributed by atoms with E-state index in [9.17, 15) is 5.11 Å². The van der Waals surface area contributed by atoms with E-state index in [-0.39, 0.29) is 0 Å². The van der Waals surface area contributed by atoms with E-state index in [2.05, 4.69) is 12.1 Å². The fourth-order valence-corrected chi connectivity index (χ4v) is 1.25. The van der Waals surface area contributed by atoms with E-state index in [1.807, 2.05) is 32.0 Å². The molecule has 0 amide bonds. The molecule has 0 atom stereocenters. The van der Waals surface area contributed by atoms with Crippen molar-refractivity contribution in [1.82, 2.24) is 0 Å². The van der Waals surface area contributed by atoms with Gasteiger partial charge in [0.1, 0.15) is 0 Å². The number of rotatable bonds is 5. The molecule has 0 aliphatic carbocycles. The van der Waals surface area contributed by atoms with Gasteiger partial charge in [0, 0.05) is 0 Å². The Kier molecular flexibility index (Phi) is 4.17. The third kappa shape index (κ3) is 3.65. The Hall–Kier alpha value is -0.795. The zero-order valence-electron chi connectivity index (χ0n) is 10.7. The predicted molar refractivity (Wildman–Crippen MR) is 68.8 cm³/mol. The highest BCUT2D eigenvalue weighted by Crippen LogP contribution is 2.24. The van der Waals surface area contributed by atoms with E-state index in [0.29, 0.717) is 7.48 Å². The molecule has 16 heavy (non-hydrogen) atoms. The van der Waals surface area contributed by atoms with Crippen LogP contribution in [0.3, 0.4) is 0 Å². The van der Waals surface area contributed by atoms with Crippen molar-refractivity contribution >= 4 is 7.48 Å². The first-order chi connectivity index (χ1) is 7.33. The van der Waals surface area contributed by atoms with Crippen LogP contribution in [0.1, 0.15) is 33.3 Å². The molecule has 1 rings (SSSR count). The summed E-state index contributed by atoms with van der Waals surface area (Å²) in [5.41, 5.74) is -0.0973. The minimum Gasteiger partial charge on any atom is -0.432 e. The van der Waals surface area contributed by atoms with Crippen molar-refractivity contribution in [2.45, 2.75) is 45.2 Å². The zero-order valence-corrected chi connectivity index (χ0v) is 10.7. The van der Waals surface area contributed by atoms with Crippen LogP contribution in [0.15, 0.2) is 30.3 Å². The highest BCUT2D eigenvalue weighted by molar-refractivity contribution is 6.26. The van der Waals surface area contributed by atoms with E-state index in [1.165, 1.54) is 5.56 Å². The molecule has 1 aromatic rings. The molecule has 0 aliphatic rings. The Morgan fingerprint density at radius 1 is 1.12 bits per heavy atom. The fraction of sp³-hybridized carbons (Fsp3) is 0.538. The molecule has 88 valence electrons. The maximum atomic E-state index is 9.92. The van der Waals surface area contributed by atoms with Gasteiger partial charge in [-0.05, 0) is 34.0 Å². The maximum absolute atomic E-state index is 9.92. The van der Waals surface area contributed by atoms with Gasteiger partial charge in [-0.25, -0.2) is 0 Å². The lowest BCUT2D eigenvalue weighted by Crippen LogP contribution is -2.48. The van der Waals surface area contributed by atoms with E-state index < -0.39 is 11.2 Å². The highest BCUT2D eigenvalue weighted by atomic mass is 16.5. The van der Waals surface area contributed by atoms with Crippen LogP contribution < -0.4 is 0 Å². The first kappa shape index (κ1) is 13.3. The summed E-state index contributed by atoms with van der Waals surface area (Å²) in [5, 5.41) is 9.92. The minimum absolute atomic E-state index is 0.526. The molecule has 0 aromatic heterocycles. The third-order valence-electron chi connectivity index (χ3n) is 3.17. The molecule has 1 N–H and O–H groups in total. The van der Waals surface area contributed by atoms with Gasteiger partial charge < -0.3 is 9.76 Å². The topological polar surface area (TPSA) is 29.5 Å². The zero-order chi connectivity index (χ0) is 12.2. The van der Waals surface area contributed by atoms with E-state index >= 15 is 0 Å². The third-order valence-corrected chi connectivity index (χ3v) is 3.17. The highest BCUT2D eigenvalue weighted by Gasteiger charge is 2.35. The molecule has 0 bridgehead atoms. The van der Waals surface area contributed by atoms with E-state index in [0.717, 1.165) is 6.32 Å². The second-order valence-corrected chi connectivity index (χ2v) is 5.15. The summed E-state index contributed by atoms with van der Waals surface area (Å²) in [6.45, 7) is 7.38. The van der Waals surface area contributed by atoms with E-state index in [4.69, 9.17) is 4.65 Å². The number of hydrogen-bond acceptors (Lipinski definition) is 2. The summed E-state index contributed by atoms with van der Waals surface area (Å²) in [7, 11) is 0.626. The lowest BCUT2D eigenvalue weighted by Gasteiger charge is -2.37. The lowest BCUT2D eigenvalue weighted by atomic mass is 9.83. The second-order valence-electron chi connectivity index (χ2n) is 5.15. The monoisotopic (exact) mass is 220 g/mol. The van der Waals surface area contributed by atoms with Gasteiger partial charge in [0.2, 0.25) is 0 Å². The molecule has 0 radical (unpaired) electrons. The van der Waals surface area contributed by atoms with Crippen LogP contribution in [-0.4, -0.2) is 23.8 Å². The SMILES string of the molecule is CC(C)(O)C(C)(C)OBCc1ccccc1. The van der Waals surface area contributed by atoms with Gasteiger partial charge in [0.15, 0.2) is 0 Å². The first-order valence-corrected chi connectivity index (χ1v) is 5.73. The average Bonchev–Trinajstić information content (AvgIpc) is 2.17. The average molecular weight is 220 g/mol. The van der Waals surface area contributed by atoms with Gasteiger partial charge in [0.05, 0.1) is 11.2 Å². The Labute approximate surface area is 98.9 Å². The molecule has 0 saturated heterocycles. The lowest BCUT2D eigenvalue weighted by molar-refractivity contribution is -0.0904. The Morgan fingerprint density at radius 2 is 1.69 bits per heavy atom. The van der Waals surface area contributed by atoms with Crippen molar-refractivity contribution in [2.24, 2.45) is 0 Å². The molecular formula is C13H21BO2. The summed E-state index contributed by atoms with van der Waals surface area (Å²) in [5.74, 6) is 0. The Bertz CT molecular complexity index is 314. The van der Waals surface area contributed by atoms with Crippen molar-refractivity contribution in [2.75, 3.05) is 0 Å². The quantitative estimate of drug-likeness (QED) is 0.770. The molecule has 0 heterocycles. The van der Waals surface area contributed by atoms with Gasteiger partial charge >= 0.3 is 0 Å². The largest absolute Gasteiger partial charge is 0.432 e. The van der Waals surface area contributed by atoms with E-state index in [1.54, 1.807) is 13.8 Å². The summed E-state index contributed by atoms with van der Waals surface area (Å²) in [6, 6.07) is 10.2. The molecule has 0 fully saturated rings. The molecule has 0 aliphatic heterocycles. The summed E-state index contributed by atoms with van der Waals surface area (Å²) in [6.07, 6.45) is 0.875. The summed E-state index contributed by atoms with van der Waals surface area (Å²) < 4.78 is 5.75. The number of hydrogen-bond donors (Lipinski definition) is 1. The van der Waals surface area contributed by atoms with Gasteiger partial charge in [-0.1, -0.05) is 35.9 Å². The molecule has 0 unspecified atom stereocenters. The number of aliphatic hydroxyl groups is 1. The second kappa shape index (κ2) is 5.02. The van der Waals surface area contributed by atoms with Crippen molar-refractivity contribution in [3.05, 3.63) is 35.9 Å². The molecule has 1 aromatic carbocycles. The van der Waals surface area contributed by atoms with Crippen molar-refractivity contribution in [3.63, 3.8) is 0 Å². The van der Waals surface area contributed by atoms with Crippen molar-refractivity contribution in [3.8, 4) is 0 Å². The number of benzene rings is 1. The standard InChI is InChI=1S/C13H21BO2/c1-12(2,15)13(3,4)16-14-10-11-8-6-5-7-9-11/h5-9,14-15H,10H2,1-4H3. The van der Waals surface area contributed by atoms with Gasteiger partial charge in [0.25, 0.3) is 7.48 Å². The van der Waals surface area contributed by atoms with Crippen LogP contribution in [0.4, 0.5) is 0 Å². The van der Waals surface area contributed by atoms with Gasteiger partial charge in [-0.3, -0.25) is 0 Å². The normalized spacial score (nSPS) is 12.6. The summed E-state index contributed by atoms with van der Waals surface area (Å²) in [4.78, 5) is 0. The molecule has 3 heteroatoms. The van der Waals surface area contributed by atoms with Crippen LogP contribution in [0.25, 0.3) is 0 Å². The minimum atomic E-state index is -0.830. The first-order valence-electron chi connectivity index (χ1n) is 5.73. The van der Waals surface area contributed by atoms with Crippen LogP contribution in [0.5, 0.6) is 0 Å². The molecule has 0 saturated carbocycles. The van der Waals surface area contributed by atoms with Crippen molar-refractivity contribution in [1.29, 1.82) is 0 Å². The van der Waals surface area contributed by atoms with Crippen molar-refractivity contribution < 1.29 is 9.76 Å². The van der Waals surface area contributed by atoms with Crippen LogP contribution in [0.2, 0.25) is 0 Å². The van der Waals surface area contributed by atoms with Gasteiger partial charge in [-0.15, -0.1) is 0 Å². The Balaban J connectivity index is 2.42. The van der Waals surface area contributed by atoms with Crippen LogP contribution >= 0.6 is 0 Å². The van der Waals surface area contributed by atoms with Crippen LogP contribution in [0, 0.1) is 0 Å². The Morgan fingerprint density at radius 3 is 2.19 bits per heavy atom.